The Bertz CT molecular complexity index is 1400. The van der Waals surface area contributed by atoms with Crippen LogP contribution in [0.4, 0.5) is 10.5 Å². The third-order valence-electron chi connectivity index (χ3n) is 5.71. The molecule has 0 aliphatic carbocycles. The summed E-state index contributed by atoms with van der Waals surface area (Å²) in [5, 5.41) is 2.74. The Kier molecular flexibility index (Phi) is 9.33. The van der Waals surface area contributed by atoms with E-state index in [0.717, 1.165) is 44.0 Å². The lowest BCUT2D eigenvalue weighted by Crippen LogP contribution is -2.40. The number of nitrogens with zero attached hydrogens (tertiary/aromatic N) is 2. The smallest absolute Gasteiger partial charge is 0.324 e. The van der Waals surface area contributed by atoms with Gasteiger partial charge in [0, 0.05) is 36.0 Å². The summed E-state index contributed by atoms with van der Waals surface area (Å²) in [4.78, 5) is 34.5. The van der Waals surface area contributed by atoms with Gasteiger partial charge in [-0.3, -0.25) is 9.69 Å². The standard InChI is InChI=1S/C26H27N5O3.2ClH/c1-15-8-9-18(21(27)12-15)14-28-26(33)31(3)25(32)17-10-11-19(23(13-17)34-4)20-6-5-7-22-24(20)30-16(2)29-22;;/h5-13H,14,27H2,1-4H3,(H,28,33)(H,29,30);2*1H. The predicted octanol–water partition coefficient (Wildman–Crippen LogP) is 5.26. The van der Waals surface area contributed by atoms with Crippen molar-refractivity contribution in [2.24, 2.45) is 0 Å². The third-order valence-corrected chi connectivity index (χ3v) is 5.71. The van der Waals surface area contributed by atoms with Gasteiger partial charge in [-0.15, -0.1) is 24.8 Å². The summed E-state index contributed by atoms with van der Waals surface area (Å²) >= 11 is 0. The number of carbonyl (C=O) groups is 2. The van der Waals surface area contributed by atoms with Crippen molar-refractivity contribution in [1.29, 1.82) is 0 Å². The number of H-pyrrole nitrogens is 1. The number of nitrogens with two attached hydrogens (primary N) is 1. The Morgan fingerprint density at radius 2 is 1.81 bits per heavy atom. The van der Waals surface area contributed by atoms with Gasteiger partial charge in [0.2, 0.25) is 0 Å². The number of fused-ring (bicyclic) bond motifs is 1. The van der Waals surface area contributed by atoms with Crippen LogP contribution in [0.2, 0.25) is 0 Å². The van der Waals surface area contributed by atoms with Crippen LogP contribution in [0.1, 0.15) is 27.3 Å². The topological polar surface area (TPSA) is 113 Å². The molecule has 0 atom stereocenters. The number of benzene rings is 3. The van der Waals surface area contributed by atoms with Crippen LogP contribution in [0.15, 0.2) is 54.6 Å². The molecule has 0 bridgehead atoms. The van der Waals surface area contributed by atoms with E-state index in [1.165, 1.54) is 7.05 Å². The van der Waals surface area contributed by atoms with Gasteiger partial charge < -0.3 is 20.8 Å². The highest BCUT2D eigenvalue weighted by Gasteiger charge is 2.21. The van der Waals surface area contributed by atoms with Crippen LogP contribution in [0.25, 0.3) is 22.2 Å². The molecule has 0 saturated carbocycles. The zero-order chi connectivity index (χ0) is 24.4. The normalized spacial score (nSPS) is 10.2. The fourth-order valence-corrected chi connectivity index (χ4v) is 3.87. The maximum Gasteiger partial charge on any atom is 0.324 e. The highest BCUT2D eigenvalue weighted by atomic mass is 35.5. The summed E-state index contributed by atoms with van der Waals surface area (Å²) in [5.74, 6) is 0.876. The lowest BCUT2D eigenvalue weighted by atomic mass is 10.0. The number of imide groups is 1. The minimum absolute atomic E-state index is 0. The van der Waals surface area contributed by atoms with E-state index in [2.05, 4.69) is 15.3 Å². The fraction of sp³-hybridized carbons (Fsp3) is 0.192. The number of rotatable bonds is 5. The van der Waals surface area contributed by atoms with Crippen molar-refractivity contribution in [3.8, 4) is 16.9 Å². The van der Waals surface area contributed by atoms with Crippen LogP contribution in [0, 0.1) is 13.8 Å². The molecule has 10 heteroatoms. The second kappa shape index (κ2) is 11.8. The Balaban J connectivity index is 0.00000228. The number of aromatic nitrogens is 2. The van der Waals surface area contributed by atoms with Crippen molar-refractivity contribution in [3.05, 3.63) is 77.1 Å². The van der Waals surface area contributed by atoms with E-state index in [1.54, 1.807) is 19.2 Å². The first kappa shape index (κ1) is 28.5. The van der Waals surface area contributed by atoms with E-state index in [4.69, 9.17) is 10.5 Å². The molecule has 190 valence electrons. The van der Waals surface area contributed by atoms with Crippen LogP contribution in [-0.4, -0.2) is 41.0 Å². The summed E-state index contributed by atoms with van der Waals surface area (Å²) < 4.78 is 5.59. The number of aryl methyl sites for hydroxylation is 2. The van der Waals surface area contributed by atoms with Crippen molar-refractivity contribution in [2.45, 2.75) is 20.4 Å². The Morgan fingerprint density at radius 1 is 1.06 bits per heavy atom. The number of ether oxygens (including phenoxy) is 1. The molecule has 36 heavy (non-hydrogen) atoms. The van der Waals surface area contributed by atoms with Gasteiger partial charge in [0.05, 0.1) is 18.1 Å². The Morgan fingerprint density at radius 3 is 2.50 bits per heavy atom. The highest BCUT2D eigenvalue weighted by molar-refractivity contribution is 6.05. The SMILES string of the molecule is COc1cc(C(=O)N(C)C(=O)NCc2ccc(C)cc2N)ccc1-c1cccc2[nH]c(C)nc12.Cl.Cl. The third kappa shape index (κ3) is 5.72. The molecule has 0 radical (unpaired) electrons. The number of imidazole rings is 1. The van der Waals surface area contributed by atoms with Crippen molar-refractivity contribution in [1.82, 2.24) is 20.2 Å². The van der Waals surface area contributed by atoms with E-state index in [1.807, 2.05) is 56.3 Å². The average molecular weight is 530 g/mol. The number of halogens is 2. The minimum Gasteiger partial charge on any atom is -0.496 e. The zero-order valence-electron chi connectivity index (χ0n) is 20.4. The first-order valence-electron chi connectivity index (χ1n) is 10.8. The summed E-state index contributed by atoms with van der Waals surface area (Å²) in [6.45, 7) is 4.07. The number of urea groups is 1. The van der Waals surface area contributed by atoms with Gasteiger partial charge in [-0.25, -0.2) is 9.78 Å². The number of carbonyl (C=O) groups excluding carboxylic acids is 2. The molecule has 0 aliphatic rings. The number of hydrogen-bond acceptors (Lipinski definition) is 5. The number of hydrogen-bond donors (Lipinski definition) is 3. The van der Waals surface area contributed by atoms with E-state index >= 15 is 0 Å². The van der Waals surface area contributed by atoms with E-state index < -0.39 is 11.9 Å². The van der Waals surface area contributed by atoms with Crippen molar-refractivity contribution < 1.29 is 14.3 Å². The molecular formula is C26H29Cl2N5O3. The molecule has 4 rings (SSSR count). The monoisotopic (exact) mass is 529 g/mol. The second-order valence-electron chi connectivity index (χ2n) is 8.16. The maximum atomic E-state index is 13.0. The molecule has 0 fully saturated rings. The predicted molar refractivity (Wildman–Crippen MR) is 147 cm³/mol. The number of amides is 3. The lowest BCUT2D eigenvalue weighted by Gasteiger charge is -2.18. The molecule has 4 N–H and O–H groups in total. The number of aromatic amines is 1. The van der Waals surface area contributed by atoms with E-state index in [-0.39, 0.29) is 31.4 Å². The highest BCUT2D eigenvalue weighted by Crippen LogP contribution is 2.35. The van der Waals surface area contributed by atoms with Crippen LogP contribution in [0.3, 0.4) is 0 Å². The molecule has 1 heterocycles. The van der Waals surface area contributed by atoms with Gasteiger partial charge in [-0.2, -0.15) is 0 Å². The molecule has 3 aromatic carbocycles. The van der Waals surface area contributed by atoms with E-state index in [0.29, 0.717) is 17.0 Å². The Hall–Kier alpha value is -3.75. The summed E-state index contributed by atoms with van der Waals surface area (Å²) in [6, 6.07) is 16.1. The summed E-state index contributed by atoms with van der Waals surface area (Å²) in [7, 11) is 2.98. The van der Waals surface area contributed by atoms with Crippen molar-refractivity contribution >= 4 is 53.5 Å². The van der Waals surface area contributed by atoms with Crippen molar-refractivity contribution in [2.75, 3.05) is 19.9 Å². The fourth-order valence-electron chi connectivity index (χ4n) is 3.87. The van der Waals surface area contributed by atoms with Gasteiger partial charge in [0.25, 0.3) is 5.91 Å². The van der Waals surface area contributed by atoms with Crippen molar-refractivity contribution in [3.63, 3.8) is 0 Å². The minimum atomic E-state index is -0.523. The lowest BCUT2D eigenvalue weighted by molar-refractivity contribution is 0.0830. The maximum absolute atomic E-state index is 13.0. The summed E-state index contributed by atoms with van der Waals surface area (Å²) in [5.41, 5.74) is 12.2. The van der Waals surface area contributed by atoms with Gasteiger partial charge in [-0.1, -0.05) is 24.3 Å². The largest absolute Gasteiger partial charge is 0.496 e. The molecule has 4 aromatic rings. The molecule has 8 nitrogen and oxygen atoms in total. The van der Waals surface area contributed by atoms with Gasteiger partial charge in [0.15, 0.2) is 0 Å². The van der Waals surface area contributed by atoms with Crippen LogP contribution < -0.4 is 15.8 Å². The second-order valence-corrected chi connectivity index (χ2v) is 8.16. The molecule has 0 unspecified atom stereocenters. The number of anilines is 1. The van der Waals surface area contributed by atoms with E-state index in [9.17, 15) is 9.59 Å². The van der Waals surface area contributed by atoms with Gasteiger partial charge in [0.1, 0.15) is 11.6 Å². The number of nitrogen functional groups attached to an aromatic ring is 1. The molecule has 0 aliphatic heterocycles. The van der Waals surface area contributed by atoms with Crippen LogP contribution >= 0.6 is 24.8 Å². The molecule has 1 aromatic heterocycles. The van der Waals surface area contributed by atoms with Gasteiger partial charge in [-0.05, 0) is 55.3 Å². The average Bonchev–Trinajstić information content (AvgIpc) is 3.22. The molecular weight excluding hydrogens is 501 g/mol. The zero-order valence-corrected chi connectivity index (χ0v) is 22.0. The number of para-hydroxylation sites is 1. The van der Waals surface area contributed by atoms with Crippen LogP contribution in [0.5, 0.6) is 5.75 Å². The first-order valence-corrected chi connectivity index (χ1v) is 10.8. The number of nitrogens with one attached hydrogen (secondary N) is 2. The van der Waals surface area contributed by atoms with Crippen LogP contribution in [-0.2, 0) is 6.54 Å². The molecule has 3 amide bonds. The Labute approximate surface area is 222 Å². The summed E-state index contributed by atoms with van der Waals surface area (Å²) in [6.07, 6.45) is 0. The molecule has 0 spiro atoms. The molecule has 0 saturated heterocycles. The quantitative estimate of drug-likeness (QED) is 0.305. The van der Waals surface area contributed by atoms with Gasteiger partial charge >= 0.3 is 6.03 Å². The number of methoxy groups -OCH3 is 1. The first-order chi connectivity index (χ1) is 16.3.